The van der Waals surface area contributed by atoms with Gasteiger partial charge in [0.15, 0.2) is 23.0 Å². The van der Waals surface area contributed by atoms with Gasteiger partial charge in [0, 0.05) is 18.6 Å². The van der Waals surface area contributed by atoms with Crippen LogP contribution in [0, 0.1) is 0 Å². The zero-order chi connectivity index (χ0) is 18.4. The van der Waals surface area contributed by atoms with E-state index in [-0.39, 0.29) is 25.1 Å². The summed E-state index contributed by atoms with van der Waals surface area (Å²) in [4.78, 5) is 12.1. The summed E-state index contributed by atoms with van der Waals surface area (Å²) in [5, 5.41) is 2.79. The molecule has 0 aliphatic carbocycles. The van der Waals surface area contributed by atoms with Crippen molar-refractivity contribution in [2.24, 2.45) is 0 Å². The number of nitrogens with one attached hydrogen (secondary N) is 1. The Morgan fingerprint density at radius 2 is 1.81 bits per heavy atom. The van der Waals surface area contributed by atoms with Gasteiger partial charge in [0.2, 0.25) is 12.7 Å². The van der Waals surface area contributed by atoms with Crippen molar-refractivity contribution in [1.82, 2.24) is 0 Å². The largest absolute Gasteiger partial charge is 0.490 e. The Labute approximate surface area is 164 Å². The molecule has 0 saturated heterocycles. The van der Waals surface area contributed by atoms with E-state index in [4.69, 9.17) is 24.7 Å². The van der Waals surface area contributed by atoms with Gasteiger partial charge in [-0.3, -0.25) is 4.79 Å². The minimum atomic E-state index is -0.141. The van der Waals surface area contributed by atoms with Crippen LogP contribution in [0.25, 0.3) is 0 Å². The molecule has 3 N–H and O–H groups in total. The summed E-state index contributed by atoms with van der Waals surface area (Å²) in [7, 11) is 0. The Balaban J connectivity index is 0.00000261. The number of benzene rings is 2. The zero-order valence-electron chi connectivity index (χ0n) is 15.0. The molecule has 8 heteroatoms. The number of rotatable bonds is 8. The predicted octanol–water partition coefficient (Wildman–Crippen LogP) is 3.62. The van der Waals surface area contributed by atoms with Crippen molar-refractivity contribution < 1.29 is 23.7 Å². The number of nitrogen functional groups attached to an aromatic ring is 1. The second-order valence-electron chi connectivity index (χ2n) is 5.67. The quantitative estimate of drug-likeness (QED) is 0.524. The summed E-state index contributed by atoms with van der Waals surface area (Å²) in [6.45, 7) is 3.06. The Hall–Kier alpha value is -2.80. The highest BCUT2D eigenvalue weighted by atomic mass is 35.5. The topological polar surface area (TPSA) is 92.0 Å². The van der Waals surface area contributed by atoms with Crippen molar-refractivity contribution in [2.75, 3.05) is 31.1 Å². The second-order valence-corrected chi connectivity index (χ2v) is 5.67. The van der Waals surface area contributed by atoms with Crippen molar-refractivity contribution >= 4 is 29.7 Å². The fourth-order valence-corrected chi connectivity index (χ4v) is 2.54. The predicted molar refractivity (Wildman–Crippen MR) is 105 cm³/mol. The third kappa shape index (κ3) is 5.34. The van der Waals surface area contributed by atoms with E-state index in [0.29, 0.717) is 60.4 Å². The Bertz CT molecular complexity index is 785. The number of anilines is 2. The van der Waals surface area contributed by atoms with Gasteiger partial charge in [-0.1, -0.05) is 12.1 Å². The Morgan fingerprint density at radius 3 is 2.52 bits per heavy atom. The molecular formula is C19H23ClN2O5. The average molecular weight is 395 g/mol. The standard InChI is InChI=1S/C19H22N2O5.ClH/c1-2-23-15-6-3-4-7-16(15)24-9-5-8-19(22)21-14-11-18-17(10-13(14)20)25-12-26-18;/h3-4,6-7,10-11H,2,5,8-9,12,20H2,1H3,(H,21,22);1H. The molecule has 146 valence electrons. The molecule has 0 saturated carbocycles. The van der Waals surface area contributed by atoms with Gasteiger partial charge >= 0.3 is 0 Å². The van der Waals surface area contributed by atoms with Crippen LogP contribution in [0.3, 0.4) is 0 Å². The van der Waals surface area contributed by atoms with E-state index in [9.17, 15) is 4.79 Å². The molecule has 1 aliphatic rings. The molecule has 0 atom stereocenters. The number of para-hydroxylation sites is 2. The van der Waals surface area contributed by atoms with Crippen molar-refractivity contribution in [2.45, 2.75) is 19.8 Å². The molecule has 27 heavy (non-hydrogen) atoms. The van der Waals surface area contributed by atoms with Crippen LogP contribution in [0.1, 0.15) is 19.8 Å². The number of halogens is 1. The highest BCUT2D eigenvalue weighted by Crippen LogP contribution is 2.38. The minimum absolute atomic E-state index is 0. The fraction of sp³-hybridized carbons (Fsp3) is 0.316. The lowest BCUT2D eigenvalue weighted by Gasteiger charge is -2.12. The average Bonchev–Trinajstić information content (AvgIpc) is 3.07. The Morgan fingerprint density at radius 1 is 1.15 bits per heavy atom. The fourth-order valence-electron chi connectivity index (χ4n) is 2.54. The molecule has 3 rings (SSSR count). The summed E-state index contributed by atoms with van der Waals surface area (Å²) >= 11 is 0. The van der Waals surface area contributed by atoms with E-state index in [2.05, 4.69) is 5.32 Å². The van der Waals surface area contributed by atoms with Crippen LogP contribution in [0.5, 0.6) is 23.0 Å². The first-order valence-electron chi connectivity index (χ1n) is 8.51. The van der Waals surface area contributed by atoms with E-state index in [1.165, 1.54) is 0 Å². The number of hydrogen-bond acceptors (Lipinski definition) is 6. The van der Waals surface area contributed by atoms with E-state index in [1.54, 1.807) is 12.1 Å². The number of hydrogen-bond donors (Lipinski definition) is 2. The van der Waals surface area contributed by atoms with Gasteiger partial charge in [-0.25, -0.2) is 0 Å². The number of fused-ring (bicyclic) bond motifs is 1. The molecule has 7 nitrogen and oxygen atoms in total. The third-order valence-electron chi connectivity index (χ3n) is 3.77. The molecule has 0 bridgehead atoms. The van der Waals surface area contributed by atoms with Crippen LogP contribution in [-0.2, 0) is 4.79 Å². The summed E-state index contributed by atoms with van der Waals surface area (Å²) in [5.74, 6) is 2.40. The number of carbonyl (C=O) groups is 1. The van der Waals surface area contributed by atoms with Crippen LogP contribution >= 0.6 is 12.4 Å². The first-order chi connectivity index (χ1) is 12.7. The maximum atomic E-state index is 12.1. The second kappa shape index (κ2) is 9.78. The van der Waals surface area contributed by atoms with Crippen molar-refractivity contribution in [3.05, 3.63) is 36.4 Å². The van der Waals surface area contributed by atoms with E-state index in [0.717, 1.165) is 0 Å². The van der Waals surface area contributed by atoms with Gasteiger partial charge in [0.1, 0.15) is 0 Å². The lowest BCUT2D eigenvalue weighted by atomic mass is 10.2. The first kappa shape index (κ1) is 20.5. The van der Waals surface area contributed by atoms with Crippen molar-refractivity contribution in [1.29, 1.82) is 0 Å². The molecule has 0 unspecified atom stereocenters. The van der Waals surface area contributed by atoms with Crippen LogP contribution in [0.2, 0.25) is 0 Å². The van der Waals surface area contributed by atoms with Crippen LogP contribution in [-0.4, -0.2) is 25.9 Å². The lowest BCUT2D eigenvalue weighted by Crippen LogP contribution is -2.14. The molecule has 1 amide bonds. The maximum absolute atomic E-state index is 12.1. The van der Waals surface area contributed by atoms with E-state index in [1.807, 2.05) is 31.2 Å². The molecule has 2 aromatic carbocycles. The third-order valence-corrected chi connectivity index (χ3v) is 3.77. The highest BCUT2D eigenvalue weighted by Gasteiger charge is 2.17. The Kier molecular flexibility index (Phi) is 7.43. The molecule has 1 heterocycles. The number of amides is 1. The SMILES string of the molecule is CCOc1ccccc1OCCCC(=O)Nc1cc2c(cc1N)OCO2.Cl. The monoisotopic (exact) mass is 394 g/mol. The van der Waals surface area contributed by atoms with Crippen LogP contribution in [0.4, 0.5) is 11.4 Å². The zero-order valence-corrected chi connectivity index (χ0v) is 15.8. The molecule has 0 aromatic heterocycles. The summed E-state index contributed by atoms with van der Waals surface area (Å²) in [6, 6.07) is 10.8. The van der Waals surface area contributed by atoms with E-state index >= 15 is 0 Å². The lowest BCUT2D eigenvalue weighted by molar-refractivity contribution is -0.116. The van der Waals surface area contributed by atoms with Gasteiger partial charge in [-0.2, -0.15) is 0 Å². The number of nitrogens with two attached hydrogens (primary N) is 1. The molecule has 0 radical (unpaired) electrons. The molecule has 0 spiro atoms. The normalized spacial score (nSPS) is 11.4. The first-order valence-corrected chi connectivity index (χ1v) is 8.51. The molecule has 1 aliphatic heterocycles. The van der Waals surface area contributed by atoms with Gasteiger partial charge in [-0.05, 0) is 25.5 Å². The number of ether oxygens (including phenoxy) is 4. The highest BCUT2D eigenvalue weighted by molar-refractivity contribution is 5.94. The molecule has 0 fully saturated rings. The molecular weight excluding hydrogens is 372 g/mol. The summed E-state index contributed by atoms with van der Waals surface area (Å²) < 4.78 is 21.8. The molecule has 2 aromatic rings. The van der Waals surface area contributed by atoms with Gasteiger partial charge in [-0.15, -0.1) is 12.4 Å². The van der Waals surface area contributed by atoms with Crippen LogP contribution in [0.15, 0.2) is 36.4 Å². The maximum Gasteiger partial charge on any atom is 0.231 e. The van der Waals surface area contributed by atoms with Crippen LogP contribution < -0.4 is 30.0 Å². The number of carbonyl (C=O) groups excluding carboxylic acids is 1. The minimum Gasteiger partial charge on any atom is -0.490 e. The van der Waals surface area contributed by atoms with E-state index < -0.39 is 0 Å². The van der Waals surface area contributed by atoms with Crippen molar-refractivity contribution in [3.8, 4) is 23.0 Å². The summed E-state index contributed by atoms with van der Waals surface area (Å²) in [6.07, 6.45) is 0.876. The van der Waals surface area contributed by atoms with Gasteiger partial charge in [0.25, 0.3) is 0 Å². The smallest absolute Gasteiger partial charge is 0.231 e. The summed E-state index contributed by atoms with van der Waals surface area (Å²) in [5.41, 5.74) is 6.88. The van der Waals surface area contributed by atoms with Crippen molar-refractivity contribution in [3.63, 3.8) is 0 Å². The van der Waals surface area contributed by atoms with Gasteiger partial charge < -0.3 is 30.0 Å². The van der Waals surface area contributed by atoms with Gasteiger partial charge in [0.05, 0.1) is 24.6 Å².